The summed E-state index contributed by atoms with van der Waals surface area (Å²) in [6.45, 7) is 1.83. The van der Waals surface area contributed by atoms with Gasteiger partial charge in [-0.05, 0) is 43.9 Å². The molecule has 1 aromatic rings. The number of benzene rings is 1. The van der Waals surface area contributed by atoms with E-state index in [1.165, 1.54) is 0 Å². The molecule has 24 heavy (non-hydrogen) atoms. The number of aliphatic carboxylic acids is 1. The summed E-state index contributed by atoms with van der Waals surface area (Å²) in [5.41, 5.74) is 1.54. The van der Waals surface area contributed by atoms with Crippen molar-refractivity contribution >= 4 is 33.3 Å². The highest BCUT2D eigenvalue weighted by molar-refractivity contribution is 7.92. The number of carbonyl (C=O) groups is 2. The molecule has 0 bridgehead atoms. The highest BCUT2D eigenvalue weighted by Crippen LogP contribution is 2.31. The Balaban J connectivity index is 2.16. The van der Waals surface area contributed by atoms with E-state index in [9.17, 15) is 18.0 Å². The summed E-state index contributed by atoms with van der Waals surface area (Å²) in [6, 6.07) is 5.01. The number of hydrogen-bond acceptors (Lipinski definition) is 4. The van der Waals surface area contributed by atoms with E-state index in [0.29, 0.717) is 37.1 Å². The van der Waals surface area contributed by atoms with Crippen LogP contribution in [0.5, 0.6) is 0 Å². The van der Waals surface area contributed by atoms with Crippen LogP contribution in [0.2, 0.25) is 0 Å². The van der Waals surface area contributed by atoms with Crippen LogP contribution in [0, 0.1) is 18.8 Å². The zero-order valence-electron chi connectivity index (χ0n) is 13.7. The summed E-state index contributed by atoms with van der Waals surface area (Å²) in [5.74, 6) is -2.03. The lowest BCUT2D eigenvalue weighted by Gasteiger charge is -2.26. The van der Waals surface area contributed by atoms with Gasteiger partial charge in [0.25, 0.3) is 0 Å². The molecule has 8 heteroatoms. The van der Waals surface area contributed by atoms with Gasteiger partial charge in [-0.1, -0.05) is 12.5 Å². The van der Waals surface area contributed by atoms with Crippen molar-refractivity contribution in [2.45, 2.75) is 32.6 Å². The van der Waals surface area contributed by atoms with Gasteiger partial charge in [-0.3, -0.25) is 14.3 Å². The van der Waals surface area contributed by atoms with E-state index >= 15 is 0 Å². The third-order valence-electron chi connectivity index (χ3n) is 4.12. The van der Waals surface area contributed by atoms with E-state index in [-0.39, 0.29) is 11.8 Å². The third-order valence-corrected chi connectivity index (χ3v) is 4.71. The Morgan fingerprint density at radius 2 is 1.83 bits per heavy atom. The molecule has 0 heterocycles. The average molecular weight is 354 g/mol. The Bertz CT molecular complexity index is 745. The molecule has 0 spiro atoms. The van der Waals surface area contributed by atoms with Gasteiger partial charge >= 0.3 is 5.97 Å². The first-order valence-electron chi connectivity index (χ1n) is 7.78. The first-order valence-corrected chi connectivity index (χ1v) is 9.67. The topological polar surface area (TPSA) is 113 Å². The van der Waals surface area contributed by atoms with Crippen LogP contribution >= 0.6 is 0 Å². The molecule has 1 fully saturated rings. The maximum atomic E-state index is 12.5. The van der Waals surface area contributed by atoms with Crippen LogP contribution in [-0.2, 0) is 19.6 Å². The van der Waals surface area contributed by atoms with E-state index in [1.807, 2.05) is 6.92 Å². The second-order valence-electron chi connectivity index (χ2n) is 6.31. The fourth-order valence-electron chi connectivity index (χ4n) is 2.94. The maximum absolute atomic E-state index is 12.5. The summed E-state index contributed by atoms with van der Waals surface area (Å²) in [7, 11) is -3.47. The molecule has 1 aliphatic carbocycles. The lowest BCUT2D eigenvalue weighted by atomic mass is 9.81. The lowest BCUT2D eigenvalue weighted by Crippen LogP contribution is -2.31. The molecule has 1 saturated carbocycles. The molecule has 2 atom stereocenters. The van der Waals surface area contributed by atoms with Gasteiger partial charge in [0, 0.05) is 5.92 Å². The van der Waals surface area contributed by atoms with Crippen LogP contribution in [-0.4, -0.2) is 31.7 Å². The fraction of sp³-hybridized carbons (Fsp3) is 0.500. The zero-order valence-corrected chi connectivity index (χ0v) is 14.5. The van der Waals surface area contributed by atoms with E-state index in [4.69, 9.17) is 5.11 Å². The Hall–Kier alpha value is -2.09. The van der Waals surface area contributed by atoms with Gasteiger partial charge < -0.3 is 10.4 Å². The van der Waals surface area contributed by atoms with Crippen LogP contribution in [0.4, 0.5) is 11.4 Å². The van der Waals surface area contributed by atoms with Crippen LogP contribution in [0.15, 0.2) is 18.2 Å². The minimum atomic E-state index is -3.47. The number of carboxylic acids is 1. The van der Waals surface area contributed by atoms with Crippen molar-refractivity contribution in [3.8, 4) is 0 Å². The molecule has 0 aliphatic heterocycles. The Labute approximate surface area is 141 Å². The summed E-state index contributed by atoms with van der Waals surface area (Å²) in [6.07, 6.45) is 3.26. The summed E-state index contributed by atoms with van der Waals surface area (Å²) in [5, 5.41) is 11.9. The molecule has 1 amide bonds. The van der Waals surface area contributed by atoms with Crippen molar-refractivity contribution in [3.05, 3.63) is 23.8 Å². The number of aryl methyl sites for hydroxylation is 1. The molecule has 2 rings (SSSR count). The number of nitrogens with one attached hydrogen (secondary N) is 2. The van der Waals surface area contributed by atoms with Crippen molar-refractivity contribution in [1.29, 1.82) is 0 Å². The molecule has 132 valence electrons. The lowest BCUT2D eigenvalue weighted by molar-refractivity contribution is -0.143. The predicted octanol–water partition coefficient (Wildman–Crippen LogP) is 2.20. The van der Waals surface area contributed by atoms with Crippen LogP contribution in [0.1, 0.15) is 31.2 Å². The van der Waals surface area contributed by atoms with Gasteiger partial charge in [-0.2, -0.15) is 0 Å². The molecule has 2 unspecified atom stereocenters. The number of sulfonamides is 1. The van der Waals surface area contributed by atoms with Crippen molar-refractivity contribution in [3.63, 3.8) is 0 Å². The molecule has 0 aromatic heterocycles. The van der Waals surface area contributed by atoms with Gasteiger partial charge in [0.2, 0.25) is 15.9 Å². The third kappa shape index (κ3) is 4.95. The first-order chi connectivity index (χ1) is 11.2. The van der Waals surface area contributed by atoms with Crippen LogP contribution in [0.25, 0.3) is 0 Å². The molecule has 0 saturated heterocycles. The average Bonchev–Trinajstić information content (AvgIpc) is 2.49. The molecule has 1 aliphatic rings. The predicted molar refractivity (Wildman–Crippen MR) is 91.4 cm³/mol. The smallest absolute Gasteiger partial charge is 0.306 e. The summed E-state index contributed by atoms with van der Waals surface area (Å²) < 4.78 is 25.3. The Kier molecular flexibility index (Phi) is 5.48. The van der Waals surface area contributed by atoms with Gasteiger partial charge in [0.15, 0.2) is 0 Å². The molecular weight excluding hydrogens is 332 g/mol. The van der Waals surface area contributed by atoms with Gasteiger partial charge in [0.1, 0.15) is 0 Å². The van der Waals surface area contributed by atoms with Gasteiger partial charge in [0.05, 0.1) is 23.5 Å². The van der Waals surface area contributed by atoms with Gasteiger partial charge in [-0.25, -0.2) is 8.42 Å². The minimum absolute atomic E-state index is 0.275. The number of rotatable bonds is 5. The SMILES string of the molecule is Cc1ccc(NS(C)(=O)=O)c(NC(=O)C2CCCC(C(=O)O)C2)c1. The monoisotopic (exact) mass is 354 g/mol. The normalized spacial score (nSPS) is 21.1. The number of anilines is 2. The highest BCUT2D eigenvalue weighted by atomic mass is 32.2. The summed E-state index contributed by atoms with van der Waals surface area (Å²) in [4.78, 5) is 23.6. The first kappa shape index (κ1) is 18.3. The van der Waals surface area contributed by atoms with E-state index in [1.54, 1.807) is 18.2 Å². The molecule has 7 nitrogen and oxygen atoms in total. The fourth-order valence-corrected chi connectivity index (χ4v) is 3.51. The maximum Gasteiger partial charge on any atom is 0.306 e. The van der Waals surface area contributed by atoms with Crippen molar-refractivity contribution in [1.82, 2.24) is 0 Å². The quantitative estimate of drug-likeness (QED) is 0.750. The minimum Gasteiger partial charge on any atom is -0.481 e. The second-order valence-corrected chi connectivity index (χ2v) is 8.06. The largest absolute Gasteiger partial charge is 0.481 e. The second kappa shape index (κ2) is 7.21. The van der Waals surface area contributed by atoms with Crippen LogP contribution in [0.3, 0.4) is 0 Å². The van der Waals surface area contributed by atoms with Gasteiger partial charge in [-0.15, -0.1) is 0 Å². The molecular formula is C16H22N2O5S. The van der Waals surface area contributed by atoms with E-state index < -0.39 is 21.9 Å². The number of hydrogen-bond donors (Lipinski definition) is 3. The number of amides is 1. The van der Waals surface area contributed by atoms with E-state index in [0.717, 1.165) is 11.8 Å². The zero-order chi connectivity index (χ0) is 17.9. The molecule has 3 N–H and O–H groups in total. The van der Waals surface area contributed by atoms with Crippen LogP contribution < -0.4 is 10.0 Å². The highest BCUT2D eigenvalue weighted by Gasteiger charge is 2.31. The standard InChI is InChI=1S/C16H22N2O5S/c1-10-6-7-13(18-24(2,22)23)14(8-10)17-15(19)11-4-3-5-12(9-11)16(20)21/h6-8,11-12,18H,3-5,9H2,1-2H3,(H,17,19)(H,20,21). The van der Waals surface area contributed by atoms with Crippen molar-refractivity contribution < 1.29 is 23.1 Å². The molecule has 1 aromatic carbocycles. The van der Waals surface area contributed by atoms with Crippen molar-refractivity contribution in [2.75, 3.05) is 16.3 Å². The molecule has 0 radical (unpaired) electrons. The number of carboxylic acid groups (broad SMARTS) is 1. The summed E-state index contributed by atoms with van der Waals surface area (Å²) >= 11 is 0. The van der Waals surface area contributed by atoms with E-state index in [2.05, 4.69) is 10.0 Å². The number of carbonyl (C=O) groups excluding carboxylic acids is 1. The van der Waals surface area contributed by atoms with Crippen molar-refractivity contribution in [2.24, 2.45) is 11.8 Å². The Morgan fingerprint density at radius 3 is 2.46 bits per heavy atom. The Morgan fingerprint density at radius 1 is 1.17 bits per heavy atom.